The van der Waals surface area contributed by atoms with Crippen LogP contribution >= 0.6 is 0 Å². The average Bonchev–Trinajstić information content (AvgIpc) is 3.65. The number of aliphatic hydroxyl groups excluding tert-OH is 1. The highest BCUT2D eigenvalue weighted by Crippen LogP contribution is 2.37. The number of rotatable bonds is 10. The zero-order chi connectivity index (χ0) is 39.4. The number of nitrogens with one attached hydrogen (secondary N) is 1. The number of benzene rings is 2. The summed E-state index contributed by atoms with van der Waals surface area (Å²) >= 11 is 0. The molecule has 0 unspecified atom stereocenters. The third kappa shape index (κ3) is 9.39. The van der Waals surface area contributed by atoms with Crippen molar-refractivity contribution in [3.63, 3.8) is 0 Å². The van der Waals surface area contributed by atoms with Gasteiger partial charge in [0.15, 0.2) is 10.7 Å². The van der Waals surface area contributed by atoms with Gasteiger partial charge in [0.2, 0.25) is 17.0 Å². The molecule has 1 atom stereocenters. The molecule has 0 fully saturated rings. The summed E-state index contributed by atoms with van der Waals surface area (Å²) in [5.41, 5.74) is 5.33. The van der Waals surface area contributed by atoms with E-state index in [1.807, 2.05) is 13.8 Å². The van der Waals surface area contributed by atoms with Crippen molar-refractivity contribution in [1.82, 2.24) is 14.9 Å². The van der Waals surface area contributed by atoms with Gasteiger partial charge in [-0.2, -0.15) is 0 Å². The molecule has 53 heavy (non-hydrogen) atoms. The molecule has 4 aromatic rings. The molecule has 15 heteroatoms. The summed E-state index contributed by atoms with van der Waals surface area (Å²) < 4.78 is 23.3. The molecule has 4 rings (SSSR count). The standard InChI is InChI=1S/C38H44N6O9/c1-10-50-34(47)30(43-40)31(45)24-19-44(36(49)53-38(7,8)9)25-16-12-15-23(27(24)25)22-14-11-13-21(17-22)18-26-29(32(39)46)41-33(51-26)28(20(2)3)42-35(48)52-37(4,5)6/h11-17,19-20,28H,10,18H2,1-9H3,(H3-,39,42,45,46,47,48)/p+1/t28-/m0/s1. The van der Waals surface area contributed by atoms with Crippen LogP contribution in [0, 0.1) is 11.3 Å². The maximum Gasteiger partial charge on any atom is 0.510 e. The number of hydrogen-bond acceptors (Lipinski definition) is 11. The van der Waals surface area contributed by atoms with Crippen LogP contribution in [0.3, 0.4) is 0 Å². The van der Waals surface area contributed by atoms with E-state index in [1.54, 1.807) is 90.9 Å². The Morgan fingerprint density at radius 1 is 1.04 bits per heavy atom. The number of nitrogens with two attached hydrogens (primary N) is 1. The molecule has 2 aromatic heterocycles. The van der Waals surface area contributed by atoms with Crippen molar-refractivity contribution in [3.8, 4) is 11.1 Å². The smallest absolute Gasteiger partial charge is 0.501 e. The number of ether oxygens (including phenoxy) is 3. The summed E-state index contributed by atoms with van der Waals surface area (Å²) in [4.78, 5) is 58.5. The molecular weight excluding hydrogens is 684 g/mol. The highest BCUT2D eigenvalue weighted by atomic mass is 16.6. The zero-order valence-electron chi connectivity index (χ0n) is 31.3. The van der Waals surface area contributed by atoms with Gasteiger partial charge in [-0.15, -0.1) is 0 Å². The number of carbonyl (C=O) groups excluding carboxylic acids is 4. The fourth-order valence-electron chi connectivity index (χ4n) is 5.48. The van der Waals surface area contributed by atoms with E-state index in [-0.39, 0.29) is 41.9 Å². The number of aromatic nitrogens is 2. The summed E-state index contributed by atoms with van der Waals surface area (Å²) in [7, 11) is 0. The van der Waals surface area contributed by atoms with Crippen molar-refractivity contribution < 1.29 is 42.9 Å². The van der Waals surface area contributed by atoms with Crippen molar-refractivity contribution in [2.45, 2.75) is 86.0 Å². The molecule has 0 bridgehead atoms. The minimum absolute atomic E-state index is 0.0131. The number of primary amides is 1. The molecule has 0 saturated heterocycles. The Morgan fingerprint density at radius 2 is 1.70 bits per heavy atom. The number of oxazole rings is 1. The lowest BCUT2D eigenvalue weighted by Crippen LogP contribution is -2.37. The van der Waals surface area contributed by atoms with Crippen LogP contribution in [0.1, 0.15) is 102 Å². The second-order valence-corrected chi connectivity index (χ2v) is 14.5. The molecule has 280 valence electrons. The van der Waals surface area contributed by atoms with Crippen LogP contribution in [-0.2, 0) is 25.4 Å². The number of esters is 1. The van der Waals surface area contributed by atoms with Crippen LogP contribution in [0.4, 0.5) is 9.59 Å². The Balaban J connectivity index is 1.85. The maximum absolute atomic E-state index is 13.4. The molecule has 15 nitrogen and oxygen atoms in total. The molecule has 0 spiro atoms. The third-order valence-electron chi connectivity index (χ3n) is 7.62. The molecule has 0 saturated carbocycles. The molecule has 0 aliphatic rings. The maximum atomic E-state index is 13.4. The first kappa shape index (κ1) is 39.6. The second-order valence-electron chi connectivity index (χ2n) is 14.5. The summed E-state index contributed by atoms with van der Waals surface area (Å²) in [6.07, 6.45) is -0.0785. The zero-order valence-corrected chi connectivity index (χ0v) is 31.3. The highest BCUT2D eigenvalue weighted by Gasteiger charge is 2.35. The first-order valence-electron chi connectivity index (χ1n) is 17.0. The van der Waals surface area contributed by atoms with Gasteiger partial charge < -0.3 is 34.8 Å². The van der Waals surface area contributed by atoms with E-state index in [9.17, 15) is 29.7 Å². The molecular formula is C38H45N6O9+. The molecule has 0 radical (unpaired) electrons. The Bertz CT molecular complexity index is 2120. The van der Waals surface area contributed by atoms with E-state index in [0.29, 0.717) is 27.6 Å². The van der Waals surface area contributed by atoms with Gasteiger partial charge in [0, 0.05) is 18.0 Å². The number of alkyl carbamates (subject to hydrolysis) is 1. The Hall–Kier alpha value is -6.17. The minimum Gasteiger partial charge on any atom is -0.501 e. The fourth-order valence-corrected chi connectivity index (χ4v) is 5.48. The first-order chi connectivity index (χ1) is 24.7. The summed E-state index contributed by atoms with van der Waals surface area (Å²) in [6.45, 7) is 15.5. The van der Waals surface area contributed by atoms with E-state index in [2.05, 4.69) is 15.3 Å². The van der Waals surface area contributed by atoms with Crippen molar-refractivity contribution in [2.24, 2.45) is 11.7 Å². The second kappa shape index (κ2) is 15.6. The van der Waals surface area contributed by atoms with E-state index >= 15 is 0 Å². The van der Waals surface area contributed by atoms with Crippen LogP contribution in [-0.4, -0.2) is 56.5 Å². The monoisotopic (exact) mass is 729 g/mol. The number of hydrogen-bond donors (Lipinski definition) is 3. The normalized spacial score (nSPS) is 12.8. The van der Waals surface area contributed by atoms with Crippen LogP contribution in [0.25, 0.3) is 32.8 Å². The summed E-state index contributed by atoms with van der Waals surface area (Å²) in [6, 6.07) is 11.5. The predicted octanol–water partition coefficient (Wildman–Crippen LogP) is 7.63. The van der Waals surface area contributed by atoms with Gasteiger partial charge in [0.05, 0.1) is 17.7 Å². The van der Waals surface area contributed by atoms with Gasteiger partial charge in [-0.3, -0.25) is 9.36 Å². The van der Waals surface area contributed by atoms with E-state index in [0.717, 1.165) is 0 Å². The topological polar surface area (TPSA) is 213 Å². The Morgan fingerprint density at radius 3 is 2.28 bits per heavy atom. The van der Waals surface area contributed by atoms with Crippen molar-refractivity contribution in [3.05, 3.63) is 87.8 Å². The van der Waals surface area contributed by atoms with Crippen LogP contribution in [0.2, 0.25) is 0 Å². The van der Waals surface area contributed by atoms with Gasteiger partial charge in [-0.1, -0.05) is 50.2 Å². The fraction of sp³-hybridized carbons (Fsp3) is 0.395. The van der Waals surface area contributed by atoms with Crippen LogP contribution in [0.15, 0.2) is 58.8 Å². The van der Waals surface area contributed by atoms with Crippen molar-refractivity contribution in [1.29, 1.82) is 5.39 Å². The number of nitrogens with zero attached hydrogens (tertiary/aromatic N) is 4. The quantitative estimate of drug-likeness (QED) is 0.0474. The van der Waals surface area contributed by atoms with Gasteiger partial charge in [0.25, 0.3) is 5.91 Å². The SMILES string of the molecule is CCOC(=O)/C([N+]#N)=C(/O)c1cn(C(=O)OC(C)(C)C)c2cccc(-c3cccc(Cc4oc([C@@H](NC(=O)OC(C)(C)C)C(C)C)nc4C(N)=O)c3)c12. The highest BCUT2D eigenvalue weighted by molar-refractivity contribution is 6.08. The van der Waals surface area contributed by atoms with E-state index in [4.69, 9.17) is 24.4 Å². The largest absolute Gasteiger partial charge is 0.510 e. The number of diazo groups is 1. The lowest BCUT2D eigenvalue weighted by atomic mass is 9.96. The third-order valence-corrected chi connectivity index (χ3v) is 7.62. The van der Waals surface area contributed by atoms with Crippen LogP contribution < -0.4 is 11.1 Å². The van der Waals surface area contributed by atoms with E-state index < -0.39 is 52.8 Å². The number of carbonyl (C=O) groups is 4. The van der Waals surface area contributed by atoms with Crippen molar-refractivity contribution >= 4 is 40.7 Å². The van der Waals surface area contributed by atoms with Gasteiger partial charge in [0.1, 0.15) is 23.0 Å². The van der Waals surface area contributed by atoms with Crippen molar-refractivity contribution in [2.75, 3.05) is 6.61 Å². The lowest BCUT2D eigenvalue weighted by Gasteiger charge is -2.24. The molecule has 0 aliphatic heterocycles. The minimum atomic E-state index is -1.08. The van der Waals surface area contributed by atoms with Gasteiger partial charge in [-0.05, 0) is 77.1 Å². The van der Waals surface area contributed by atoms with Gasteiger partial charge in [-0.25, -0.2) is 19.4 Å². The molecule has 2 aromatic carbocycles. The van der Waals surface area contributed by atoms with E-state index in [1.165, 1.54) is 10.8 Å². The average molecular weight is 730 g/mol. The number of aliphatic hydroxyl groups is 1. The number of fused-ring (bicyclic) bond motifs is 1. The molecule has 4 N–H and O–H groups in total. The molecule has 2 amide bonds. The summed E-state index contributed by atoms with van der Waals surface area (Å²) in [5.74, 6) is -2.59. The lowest BCUT2D eigenvalue weighted by molar-refractivity contribution is -0.138. The summed E-state index contributed by atoms with van der Waals surface area (Å²) in [5, 5.41) is 24.2. The first-order valence-corrected chi connectivity index (χ1v) is 17.0. The van der Waals surface area contributed by atoms with Crippen LogP contribution in [0.5, 0.6) is 0 Å². The van der Waals surface area contributed by atoms with Gasteiger partial charge >= 0.3 is 23.9 Å². The Kier molecular flexibility index (Phi) is 11.7. The predicted molar refractivity (Wildman–Crippen MR) is 195 cm³/mol. The molecule has 2 heterocycles. The Labute approximate surface area is 306 Å². The molecule has 0 aliphatic carbocycles. The number of amides is 2.